The number of rotatable bonds is 8. The summed E-state index contributed by atoms with van der Waals surface area (Å²) in [5, 5.41) is 9.02. The monoisotopic (exact) mass is 408 g/mol. The number of nitrogens with zero attached hydrogens (tertiary/aromatic N) is 2. The van der Waals surface area contributed by atoms with E-state index in [4.69, 9.17) is 19.5 Å². The highest BCUT2D eigenvalue weighted by molar-refractivity contribution is 6.05. The van der Waals surface area contributed by atoms with Gasteiger partial charge in [-0.3, -0.25) is 9.59 Å². The number of amides is 1. The SMILES string of the molecule is CCOC(=O)COc1ccc(C(=O)CN2Cc3cc(C#N)ccc3C2=O)c(OC)c1. The van der Waals surface area contributed by atoms with Gasteiger partial charge in [-0.1, -0.05) is 0 Å². The largest absolute Gasteiger partial charge is 0.496 e. The molecule has 0 aliphatic carbocycles. The smallest absolute Gasteiger partial charge is 0.344 e. The second kappa shape index (κ2) is 9.09. The number of ketones is 1. The lowest BCUT2D eigenvalue weighted by Crippen LogP contribution is -2.30. The second-order valence-electron chi connectivity index (χ2n) is 6.52. The summed E-state index contributed by atoms with van der Waals surface area (Å²) in [5.74, 6) is -0.424. The highest BCUT2D eigenvalue weighted by Crippen LogP contribution is 2.28. The van der Waals surface area contributed by atoms with E-state index in [1.807, 2.05) is 6.07 Å². The zero-order valence-corrected chi connectivity index (χ0v) is 16.6. The van der Waals surface area contributed by atoms with Gasteiger partial charge in [0.25, 0.3) is 5.91 Å². The van der Waals surface area contributed by atoms with Crippen LogP contribution in [0.15, 0.2) is 36.4 Å². The third-order valence-electron chi connectivity index (χ3n) is 4.58. The third kappa shape index (κ3) is 4.41. The van der Waals surface area contributed by atoms with Gasteiger partial charge in [0.1, 0.15) is 11.5 Å². The summed E-state index contributed by atoms with van der Waals surface area (Å²) < 4.78 is 15.4. The van der Waals surface area contributed by atoms with Crippen LogP contribution in [0.4, 0.5) is 0 Å². The molecule has 0 N–H and O–H groups in total. The Morgan fingerprint density at radius 1 is 1.20 bits per heavy atom. The fraction of sp³-hybridized carbons (Fsp3) is 0.273. The van der Waals surface area contributed by atoms with Crippen molar-refractivity contribution in [2.75, 3.05) is 26.9 Å². The third-order valence-corrected chi connectivity index (χ3v) is 4.58. The van der Waals surface area contributed by atoms with Crippen molar-refractivity contribution in [2.45, 2.75) is 13.5 Å². The van der Waals surface area contributed by atoms with Crippen molar-refractivity contribution >= 4 is 17.7 Å². The summed E-state index contributed by atoms with van der Waals surface area (Å²) in [6.07, 6.45) is 0. The minimum absolute atomic E-state index is 0.130. The molecule has 2 aromatic rings. The molecule has 0 unspecified atom stereocenters. The number of hydrogen-bond donors (Lipinski definition) is 0. The number of methoxy groups -OCH3 is 1. The molecule has 3 rings (SSSR count). The molecule has 0 bridgehead atoms. The standard InChI is InChI=1S/C22H20N2O6/c1-3-29-21(26)13-30-16-5-7-18(20(9-16)28-2)19(25)12-24-11-15-8-14(10-23)4-6-17(15)22(24)27/h4-9H,3,11-13H2,1-2H3. The van der Waals surface area contributed by atoms with Crippen molar-refractivity contribution in [3.05, 3.63) is 58.7 Å². The highest BCUT2D eigenvalue weighted by atomic mass is 16.6. The molecule has 0 atom stereocenters. The van der Waals surface area contributed by atoms with Crippen LogP contribution < -0.4 is 9.47 Å². The molecule has 154 valence electrons. The first-order valence-electron chi connectivity index (χ1n) is 9.28. The minimum atomic E-state index is -0.497. The van der Waals surface area contributed by atoms with Gasteiger partial charge in [0.15, 0.2) is 12.4 Å². The van der Waals surface area contributed by atoms with Crippen molar-refractivity contribution in [2.24, 2.45) is 0 Å². The summed E-state index contributed by atoms with van der Waals surface area (Å²) in [5.41, 5.74) is 1.98. The van der Waals surface area contributed by atoms with Crippen LogP contribution in [0, 0.1) is 11.3 Å². The van der Waals surface area contributed by atoms with Crippen LogP contribution in [0.25, 0.3) is 0 Å². The van der Waals surface area contributed by atoms with Gasteiger partial charge in [-0.25, -0.2) is 4.79 Å². The molecule has 1 aliphatic rings. The number of carbonyl (C=O) groups excluding carboxylic acids is 3. The maximum Gasteiger partial charge on any atom is 0.344 e. The summed E-state index contributed by atoms with van der Waals surface area (Å²) in [4.78, 5) is 38.2. The zero-order valence-electron chi connectivity index (χ0n) is 16.6. The number of carbonyl (C=O) groups is 3. The Kier molecular flexibility index (Phi) is 6.32. The Balaban J connectivity index is 1.70. The zero-order chi connectivity index (χ0) is 21.7. The van der Waals surface area contributed by atoms with Crippen molar-refractivity contribution in [1.82, 2.24) is 4.90 Å². The molecule has 8 heteroatoms. The lowest BCUT2D eigenvalue weighted by Gasteiger charge is -2.16. The van der Waals surface area contributed by atoms with E-state index in [2.05, 4.69) is 0 Å². The van der Waals surface area contributed by atoms with Gasteiger partial charge in [-0.15, -0.1) is 0 Å². The molecule has 30 heavy (non-hydrogen) atoms. The molecule has 8 nitrogen and oxygen atoms in total. The van der Waals surface area contributed by atoms with Crippen LogP contribution in [-0.4, -0.2) is 49.4 Å². The number of esters is 1. The quantitative estimate of drug-likeness (QED) is 0.487. The summed E-state index contributed by atoms with van der Waals surface area (Å²) in [6, 6.07) is 11.5. The summed E-state index contributed by atoms with van der Waals surface area (Å²) >= 11 is 0. The van der Waals surface area contributed by atoms with Crippen molar-refractivity contribution in [3.63, 3.8) is 0 Å². The molecule has 1 amide bonds. The first kappa shape index (κ1) is 20.9. The van der Waals surface area contributed by atoms with E-state index in [0.717, 1.165) is 5.56 Å². The van der Waals surface area contributed by atoms with E-state index < -0.39 is 5.97 Å². The van der Waals surface area contributed by atoms with E-state index in [-0.39, 0.29) is 43.7 Å². The maximum atomic E-state index is 12.8. The Morgan fingerprint density at radius 2 is 2.00 bits per heavy atom. The number of ether oxygens (including phenoxy) is 3. The number of fused-ring (bicyclic) bond motifs is 1. The van der Waals surface area contributed by atoms with Gasteiger partial charge < -0.3 is 19.1 Å². The predicted molar refractivity (Wildman–Crippen MR) is 105 cm³/mol. The van der Waals surface area contributed by atoms with E-state index in [9.17, 15) is 14.4 Å². The van der Waals surface area contributed by atoms with Crippen LogP contribution in [0.2, 0.25) is 0 Å². The summed E-state index contributed by atoms with van der Waals surface area (Å²) in [7, 11) is 1.42. The molecule has 0 saturated carbocycles. The van der Waals surface area contributed by atoms with Crippen molar-refractivity contribution in [3.8, 4) is 17.6 Å². The van der Waals surface area contributed by atoms with E-state index in [1.54, 1.807) is 31.2 Å². The molecule has 0 aromatic heterocycles. The van der Waals surface area contributed by atoms with Crippen molar-refractivity contribution in [1.29, 1.82) is 5.26 Å². The van der Waals surface area contributed by atoms with Gasteiger partial charge in [0.2, 0.25) is 0 Å². The predicted octanol–water partition coefficient (Wildman–Crippen LogP) is 2.35. The van der Waals surface area contributed by atoms with Gasteiger partial charge >= 0.3 is 5.97 Å². The first-order valence-corrected chi connectivity index (χ1v) is 9.28. The molecule has 0 fully saturated rings. The molecule has 1 heterocycles. The lowest BCUT2D eigenvalue weighted by atomic mass is 10.1. The van der Waals surface area contributed by atoms with Gasteiger partial charge in [-0.05, 0) is 42.8 Å². The highest BCUT2D eigenvalue weighted by Gasteiger charge is 2.29. The van der Waals surface area contributed by atoms with E-state index >= 15 is 0 Å². The Labute approximate surface area is 173 Å². The molecule has 0 spiro atoms. The van der Waals surface area contributed by atoms with Gasteiger partial charge in [-0.2, -0.15) is 5.26 Å². The number of nitriles is 1. The Bertz CT molecular complexity index is 1040. The van der Waals surface area contributed by atoms with E-state index in [1.165, 1.54) is 24.1 Å². The van der Waals surface area contributed by atoms with Crippen LogP contribution in [-0.2, 0) is 16.1 Å². The van der Waals surface area contributed by atoms with Gasteiger partial charge in [0, 0.05) is 18.2 Å². The van der Waals surface area contributed by atoms with Crippen molar-refractivity contribution < 1.29 is 28.6 Å². The molecule has 2 aromatic carbocycles. The maximum absolute atomic E-state index is 12.8. The topological polar surface area (TPSA) is 106 Å². The molecular weight excluding hydrogens is 388 g/mol. The average Bonchev–Trinajstić information content (AvgIpc) is 3.06. The average molecular weight is 408 g/mol. The normalized spacial score (nSPS) is 12.2. The van der Waals surface area contributed by atoms with E-state index in [0.29, 0.717) is 22.4 Å². The number of Topliss-reactive ketones (excluding diaryl/α,β-unsaturated/α-hetero) is 1. The molecular formula is C22H20N2O6. The first-order chi connectivity index (χ1) is 14.5. The van der Waals surface area contributed by atoms with Crippen LogP contribution in [0.1, 0.15) is 38.8 Å². The lowest BCUT2D eigenvalue weighted by molar-refractivity contribution is -0.145. The van der Waals surface area contributed by atoms with Crippen LogP contribution in [0.3, 0.4) is 0 Å². The fourth-order valence-corrected chi connectivity index (χ4v) is 3.17. The minimum Gasteiger partial charge on any atom is -0.496 e. The Morgan fingerprint density at radius 3 is 2.70 bits per heavy atom. The number of benzene rings is 2. The van der Waals surface area contributed by atoms with Crippen LogP contribution >= 0.6 is 0 Å². The molecule has 0 radical (unpaired) electrons. The fourth-order valence-electron chi connectivity index (χ4n) is 3.17. The van der Waals surface area contributed by atoms with Gasteiger partial charge in [0.05, 0.1) is 37.5 Å². The number of hydrogen-bond acceptors (Lipinski definition) is 7. The summed E-state index contributed by atoms with van der Waals surface area (Å²) in [6.45, 7) is 1.84. The Hall–Kier alpha value is -3.86. The second-order valence-corrected chi connectivity index (χ2v) is 6.52. The molecule has 0 saturated heterocycles. The molecule has 1 aliphatic heterocycles. The van der Waals surface area contributed by atoms with Crippen LogP contribution in [0.5, 0.6) is 11.5 Å².